The third-order valence-electron chi connectivity index (χ3n) is 2.55. The fraction of sp³-hybridized carbons (Fsp3) is 0.385. The van der Waals surface area contributed by atoms with Gasteiger partial charge >= 0.3 is 5.97 Å². The van der Waals surface area contributed by atoms with E-state index < -0.39 is 12.0 Å². The summed E-state index contributed by atoms with van der Waals surface area (Å²) in [6, 6.07) is 5.97. The van der Waals surface area contributed by atoms with Crippen molar-refractivity contribution in [1.82, 2.24) is 5.32 Å². The smallest absolute Gasteiger partial charge is 0.328 e. The predicted octanol–water partition coefficient (Wildman–Crippen LogP) is 1.29. The number of nitrogens with one attached hydrogen (secondary N) is 1. The topological polar surface area (TPSA) is 81.4 Å². The van der Waals surface area contributed by atoms with Crippen LogP contribution in [-0.4, -0.2) is 37.0 Å². The number of ether oxygens (including phenoxy) is 1. The zero-order valence-electron chi connectivity index (χ0n) is 11.0. The van der Waals surface area contributed by atoms with E-state index in [4.69, 9.17) is 5.73 Å². The molecular formula is C13H18N2O3S. The van der Waals surface area contributed by atoms with E-state index in [0.29, 0.717) is 17.7 Å². The van der Waals surface area contributed by atoms with Crippen LogP contribution in [0.15, 0.2) is 24.3 Å². The first-order chi connectivity index (χ1) is 9.08. The van der Waals surface area contributed by atoms with Crippen LogP contribution in [0.5, 0.6) is 0 Å². The molecule has 6 heteroatoms. The Morgan fingerprint density at radius 2 is 2.21 bits per heavy atom. The van der Waals surface area contributed by atoms with Gasteiger partial charge in [0, 0.05) is 11.3 Å². The van der Waals surface area contributed by atoms with Crippen molar-refractivity contribution in [2.24, 2.45) is 0 Å². The number of rotatable bonds is 6. The molecule has 0 radical (unpaired) electrons. The van der Waals surface area contributed by atoms with Gasteiger partial charge in [-0.3, -0.25) is 4.79 Å². The van der Waals surface area contributed by atoms with E-state index in [2.05, 4.69) is 10.1 Å². The van der Waals surface area contributed by atoms with Gasteiger partial charge in [-0.25, -0.2) is 4.79 Å². The molecule has 104 valence electrons. The molecule has 0 bridgehead atoms. The maximum absolute atomic E-state index is 12.0. The lowest BCUT2D eigenvalue weighted by Gasteiger charge is -2.16. The molecular weight excluding hydrogens is 264 g/mol. The molecule has 3 N–H and O–H groups in total. The number of nitrogens with two attached hydrogens (primary N) is 1. The third-order valence-corrected chi connectivity index (χ3v) is 3.19. The predicted molar refractivity (Wildman–Crippen MR) is 77.1 cm³/mol. The van der Waals surface area contributed by atoms with Gasteiger partial charge in [0.2, 0.25) is 0 Å². The Kier molecular flexibility index (Phi) is 6.21. The molecule has 0 unspecified atom stereocenters. The number of carbonyl (C=O) groups is 2. The highest BCUT2D eigenvalue weighted by Crippen LogP contribution is 2.08. The lowest BCUT2D eigenvalue weighted by atomic mass is 10.1. The van der Waals surface area contributed by atoms with E-state index in [0.717, 1.165) is 5.75 Å². The number of carbonyl (C=O) groups excluding carboxylic acids is 2. The second-order valence-electron chi connectivity index (χ2n) is 3.96. The molecule has 0 fully saturated rings. The van der Waals surface area contributed by atoms with E-state index in [9.17, 15) is 9.59 Å². The molecule has 0 saturated heterocycles. The van der Waals surface area contributed by atoms with E-state index in [1.165, 1.54) is 7.11 Å². The van der Waals surface area contributed by atoms with Gasteiger partial charge in [-0.2, -0.15) is 11.8 Å². The van der Waals surface area contributed by atoms with Crippen LogP contribution >= 0.6 is 11.8 Å². The molecule has 0 saturated carbocycles. The Morgan fingerprint density at radius 3 is 2.79 bits per heavy atom. The minimum atomic E-state index is -0.633. The lowest BCUT2D eigenvalue weighted by Crippen LogP contribution is -2.41. The highest BCUT2D eigenvalue weighted by molar-refractivity contribution is 7.98. The summed E-state index contributed by atoms with van der Waals surface area (Å²) in [6.45, 7) is 0. The largest absolute Gasteiger partial charge is 0.467 e. The number of hydrogen-bond acceptors (Lipinski definition) is 5. The average Bonchev–Trinajstić information content (AvgIpc) is 2.42. The first-order valence-electron chi connectivity index (χ1n) is 5.81. The first kappa shape index (κ1) is 15.4. The maximum Gasteiger partial charge on any atom is 0.328 e. The van der Waals surface area contributed by atoms with E-state index in [-0.39, 0.29) is 5.91 Å². The Hall–Kier alpha value is -1.69. The standard InChI is InChI=1S/C13H18N2O3S/c1-18-13(17)11(6-7-19-2)15-12(16)9-4-3-5-10(14)8-9/h3-5,8,11H,6-7,14H2,1-2H3,(H,15,16)/t11-/m1/s1. The molecule has 1 rings (SSSR count). The van der Waals surface area contributed by atoms with Crippen LogP contribution in [0, 0.1) is 0 Å². The van der Waals surface area contributed by atoms with Crippen LogP contribution in [0.25, 0.3) is 0 Å². The zero-order chi connectivity index (χ0) is 14.3. The molecule has 1 aromatic rings. The van der Waals surface area contributed by atoms with Gasteiger partial charge in [-0.05, 0) is 36.6 Å². The lowest BCUT2D eigenvalue weighted by molar-refractivity contribution is -0.142. The van der Waals surface area contributed by atoms with Crippen molar-refractivity contribution in [3.63, 3.8) is 0 Å². The molecule has 0 spiro atoms. The fourth-order valence-corrected chi connectivity index (χ4v) is 2.02. The molecule has 19 heavy (non-hydrogen) atoms. The molecule has 1 amide bonds. The summed E-state index contributed by atoms with van der Waals surface area (Å²) in [5.41, 5.74) is 6.55. The quantitative estimate of drug-likeness (QED) is 0.607. The van der Waals surface area contributed by atoms with Crippen LogP contribution in [0.1, 0.15) is 16.8 Å². The number of hydrogen-bond donors (Lipinski definition) is 2. The molecule has 1 atom stereocenters. The first-order valence-corrected chi connectivity index (χ1v) is 7.21. The highest BCUT2D eigenvalue weighted by atomic mass is 32.2. The van der Waals surface area contributed by atoms with Crippen molar-refractivity contribution in [2.45, 2.75) is 12.5 Å². The second-order valence-corrected chi connectivity index (χ2v) is 4.94. The number of nitrogen functional groups attached to an aromatic ring is 1. The van der Waals surface area contributed by atoms with Gasteiger partial charge in [0.05, 0.1) is 7.11 Å². The van der Waals surface area contributed by atoms with Crippen LogP contribution < -0.4 is 11.1 Å². The third kappa shape index (κ3) is 4.82. The Morgan fingerprint density at radius 1 is 1.47 bits per heavy atom. The van der Waals surface area contributed by atoms with Gasteiger partial charge in [-0.1, -0.05) is 6.07 Å². The van der Waals surface area contributed by atoms with E-state index >= 15 is 0 Å². The van der Waals surface area contributed by atoms with Gasteiger partial charge in [0.1, 0.15) is 6.04 Å². The Bertz CT molecular complexity index is 451. The fourth-order valence-electron chi connectivity index (χ4n) is 1.55. The minimum absolute atomic E-state index is 0.330. The number of benzene rings is 1. The van der Waals surface area contributed by atoms with Gasteiger partial charge in [0.15, 0.2) is 0 Å². The molecule has 0 aliphatic rings. The summed E-state index contributed by atoms with van der Waals surface area (Å²) in [4.78, 5) is 23.6. The van der Waals surface area contributed by atoms with Crippen molar-refractivity contribution in [2.75, 3.05) is 24.9 Å². The zero-order valence-corrected chi connectivity index (χ0v) is 11.8. The van der Waals surface area contributed by atoms with Gasteiger partial charge in [-0.15, -0.1) is 0 Å². The minimum Gasteiger partial charge on any atom is -0.467 e. The van der Waals surface area contributed by atoms with E-state index in [1.807, 2.05) is 6.26 Å². The van der Waals surface area contributed by atoms with Gasteiger partial charge in [0.25, 0.3) is 5.91 Å². The number of thioether (sulfide) groups is 1. The number of esters is 1. The summed E-state index contributed by atoms with van der Waals surface area (Å²) >= 11 is 1.60. The van der Waals surface area contributed by atoms with Crippen LogP contribution in [0.4, 0.5) is 5.69 Å². The monoisotopic (exact) mass is 282 g/mol. The molecule has 0 aromatic heterocycles. The van der Waals surface area contributed by atoms with Crippen LogP contribution in [0.2, 0.25) is 0 Å². The summed E-state index contributed by atoms with van der Waals surface area (Å²) in [7, 11) is 1.31. The van der Waals surface area contributed by atoms with Crippen molar-refractivity contribution in [3.8, 4) is 0 Å². The molecule has 0 aliphatic carbocycles. The van der Waals surface area contributed by atoms with Crippen molar-refractivity contribution >= 4 is 29.3 Å². The van der Waals surface area contributed by atoms with E-state index in [1.54, 1.807) is 36.0 Å². The Labute approximate surface area is 116 Å². The average molecular weight is 282 g/mol. The number of amides is 1. The summed E-state index contributed by atoms with van der Waals surface area (Å²) in [5, 5.41) is 2.66. The van der Waals surface area contributed by atoms with Crippen molar-refractivity contribution < 1.29 is 14.3 Å². The molecule has 0 heterocycles. The normalized spacial score (nSPS) is 11.7. The summed E-state index contributed by atoms with van der Waals surface area (Å²) < 4.78 is 4.68. The van der Waals surface area contributed by atoms with Gasteiger partial charge < -0.3 is 15.8 Å². The SMILES string of the molecule is COC(=O)[C@@H](CCSC)NC(=O)c1cccc(N)c1. The van der Waals surface area contributed by atoms with Crippen molar-refractivity contribution in [3.05, 3.63) is 29.8 Å². The second kappa shape index (κ2) is 7.68. The van der Waals surface area contributed by atoms with Crippen LogP contribution in [0.3, 0.4) is 0 Å². The summed E-state index contributed by atoms with van der Waals surface area (Å²) in [6.07, 6.45) is 2.47. The maximum atomic E-state index is 12.0. The summed E-state index contributed by atoms with van der Waals surface area (Å²) in [5.74, 6) is -0.00753. The molecule has 1 aromatic carbocycles. The number of methoxy groups -OCH3 is 1. The number of anilines is 1. The van der Waals surface area contributed by atoms with Crippen LogP contribution in [-0.2, 0) is 9.53 Å². The van der Waals surface area contributed by atoms with Crippen molar-refractivity contribution in [1.29, 1.82) is 0 Å². The molecule has 0 aliphatic heterocycles. The Balaban J connectivity index is 2.72. The molecule has 5 nitrogen and oxygen atoms in total. The highest BCUT2D eigenvalue weighted by Gasteiger charge is 2.21.